The van der Waals surface area contributed by atoms with Gasteiger partial charge >= 0.3 is 6.18 Å². The van der Waals surface area contributed by atoms with Crippen molar-refractivity contribution in [2.45, 2.75) is 19.3 Å². The molecule has 0 saturated heterocycles. The first-order chi connectivity index (χ1) is 8.52. The molecule has 0 unspecified atom stereocenters. The Kier molecular flexibility index (Phi) is 4.97. The largest absolute Gasteiger partial charge is 0.416 e. The van der Waals surface area contributed by atoms with Crippen molar-refractivity contribution in [3.8, 4) is 0 Å². The molecule has 0 aliphatic heterocycles. The summed E-state index contributed by atoms with van der Waals surface area (Å²) in [5, 5.41) is 0. The van der Waals surface area contributed by atoms with E-state index in [1.165, 1.54) is 18.5 Å². The van der Waals surface area contributed by atoms with Crippen LogP contribution >= 0.6 is 12.4 Å². The fourth-order valence-corrected chi connectivity index (χ4v) is 1.78. The Hall–Kier alpha value is -1.53. The molecule has 2 rings (SSSR count). The second kappa shape index (κ2) is 6.08. The van der Waals surface area contributed by atoms with E-state index in [1.807, 2.05) is 0 Å². The highest BCUT2D eigenvalue weighted by Gasteiger charge is 2.32. The summed E-state index contributed by atoms with van der Waals surface area (Å²) < 4.78 is 40.0. The zero-order valence-electron chi connectivity index (χ0n) is 9.89. The van der Waals surface area contributed by atoms with E-state index >= 15 is 0 Å². The van der Waals surface area contributed by atoms with Crippen molar-refractivity contribution in [3.63, 3.8) is 0 Å². The van der Waals surface area contributed by atoms with E-state index in [4.69, 9.17) is 5.73 Å². The van der Waals surface area contributed by atoms with E-state index in [9.17, 15) is 13.2 Å². The Morgan fingerprint density at radius 2 is 1.89 bits per heavy atom. The van der Waals surface area contributed by atoms with Gasteiger partial charge in [-0.3, -0.25) is 0 Å². The van der Waals surface area contributed by atoms with Crippen LogP contribution in [0.2, 0.25) is 0 Å². The number of alkyl halides is 3. The molecular weight excluding hydrogens is 279 g/mol. The molecule has 19 heavy (non-hydrogen) atoms. The number of hydrogen-bond acceptors (Lipinski definition) is 2. The van der Waals surface area contributed by atoms with Crippen LogP contribution in [0.15, 0.2) is 36.8 Å². The number of imidazole rings is 1. The first-order valence-corrected chi connectivity index (χ1v) is 5.36. The van der Waals surface area contributed by atoms with Gasteiger partial charge in [-0.2, -0.15) is 13.2 Å². The number of nitrogens with two attached hydrogens (primary N) is 1. The van der Waals surface area contributed by atoms with Crippen molar-refractivity contribution in [1.82, 2.24) is 9.55 Å². The van der Waals surface area contributed by atoms with Gasteiger partial charge in [0.05, 0.1) is 17.6 Å². The number of nitrogens with zero attached hydrogens (tertiary/aromatic N) is 2. The topological polar surface area (TPSA) is 43.8 Å². The van der Waals surface area contributed by atoms with Crippen LogP contribution < -0.4 is 5.73 Å². The van der Waals surface area contributed by atoms with Crippen LogP contribution in [-0.4, -0.2) is 9.55 Å². The van der Waals surface area contributed by atoms with Gasteiger partial charge in [0, 0.05) is 19.3 Å². The molecule has 1 aromatic heterocycles. The molecule has 0 saturated carbocycles. The summed E-state index contributed by atoms with van der Waals surface area (Å²) in [6.07, 6.45) is -1.31. The summed E-state index contributed by atoms with van der Waals surface area (Å²) in [5.74, 6) is 0. The third kappa shape index (κ3) is 3.48. The Bertz CT molecular complexity index is 537. The molecule has 0 radical (unpaired) electrons. The minimum atomic E-state index is -4.35. The van der Waals surface area contributed by atoms with Gasteiger partial charge in [0.15, 0.2) is 0 Å². The van der Waals surface area contributed by atoms with Gasteiger partial charge in [-0.1, -0.05) is 18.2 Å². The second-order valence-corrected chi connectivity index (χ2v) is 3.87. The van der Waals surface area contributed by atoms with Crippen LogP contribution in [0.1, 0.15) is 16.8 Å². The maximum atomic E-state index is 12.8. The normalized spacial score (nSPS) is 11.2. The minimum Gasteiger partial charge on any atom is -0.329 e. The molecule has 0 bridgehead atoms. The monoisotopic (exact) mass is 291 g/mol. The van der Waals surface area contributed by atoms with Gasteiger partial charge in [0.1, 0.15) is 0 Å². The summed E-state index contributed by atoms with van der Waals surface area (Å²) in [5.41, 5.74) is 5.77. The number of rotatable bonds is 3. The molecule has 0 spiro atoms. The van der Waals surface area contributed by atoms with Crippen LogP contribution in [0, 0.1) is 0 Å². The van der Waals surface area contributed by atoms with E-state index in [0.717, 1.165) is 6.07 Å². The Morgan fingerprint density at radius 3 is 2.53 bits per heavy atom. The van der Waals surface area contributed by atoms with Gasteiger partial charge in [0.2, 0.25) is 0 Å². The molecule has 0 fully saturated rings. The molecule has 7 heteroatoms. The molecule has 2 N–H and O–H groups in total. The molecule has 104 valence electrons. The summed E-state index contributed by atoms with van der Waals surface area (Å²) in [4.78, 5) is 3.88. The molecule has 1 heterocycles. The Balaban J connectivity index is 0.00000180. The Morgan fingerprint density at radius 1 is 1.21 bits per heavy atom. The summed E-state index contributed by atoms with van der Waals surface area (Å²) in [7, 11) is 0. The molecule has 3 nitrogen and oxygen atoms in total. The van der Waals surface area contributed by atoms with Crippen molar-refractivity contribution in [3.05, 3.63) is 53.6 Å². The van der Waals surface area contributed by atoms with Crippen molar-refractivity contribution < 1.29 is 13.2 Å². The third-order valence-corrected chi connectivity index (χ3v) is 2.67. The molecule has 0 aliphatic carbocycles. The molecule has 0 atom stereocenters. The first-order valence-electron chi connectivity index (χ1n) is 5.36. The highest BCUT2D eigenvalue weighted by atomic mass is 35.5. The van der Waals surface area contributed by atoms with E-state index < -0.39 is 11.7 Å². The lowest BCUT2D eigenvalue weighted by molar-refractivity contribution is -0.138. The van der Waals surface area contributed by atoms with Gasteiger partial charge in [0.25, 0.3) is 0 Å². The van der Waals surface area contributed by atoms with Crippen molar-refractivity contribution in [1.29, 1.82) is 0 Å². The van der Waals surface area contributed by atoms with Crippen LogP contribution in [-0.2, 0) is 19.3 Å². The second-order valence-electron chi connectivity index (χ2n) is 3.87. The summed E-state index contributed by atoms with van der Waals surface area (Å²) in [6, 6.07) is 5.51. The zero-order chi connectivity index (χ0) is 13.2. The zero-order valence-corrected chi connectivity index (χ0v) is 10.7. The molecular formula is C12H13ClF3N3. The van der Waals surface area contributed by atoms with Crippen LogP contribution in [0.4, 0.5) is 13.2 Å². The van der Waals surface area contributed by atoms with Gasteiger partial charge in [-0.25, -0.2) is 4.98 Å². The van der Waals surface area contributed by atoms with Crippen LogP contribution in [0.5, 0.6) is 0 Å². The lowest BCUT2D eigenvalue weighted by Crippen LogP contribution is -2.13. The van der Waals surface area contributed by atoms with E-state index in [-0.39, 0.29) is 31.1 Å². The smallest absolute Gasteiger partial charge is 0.329 e. The molecule has 1 aromatic carbocycles. The van der Waals surface area contributed by atoms with E-state index in [0.29, 0.717) is 5.69 Å². The minimum absolute atomic E-state index is 0. The quantitative estimate of drug-likeness (QED) is 0.945. The standard InChI is InChI=1S/C12H12F3N3.ClH/c13-12(14,15)11-4-2-1-3-9(11)7-18-8-17-6-10(18)5-16;/h1-4,6,8H,5,7,16H2;1H. The van der Waals surface area contributed by atoms with Crippen LogP contribution in [0.25, 0.3) is 0 Å². The highest BCUT2D eigenvalue weighted by molar-refractivity contribution is 5.85. The van der Waals surface area contributed by atoms with Crippen molar-refractivity contribution >= 4 is 12.4 Å². The fraction of sp³-hybridized carbons (Fsp3) is 0.250. The Labute approximate surface area is 114 Å². The lowest BCUT2D eigenvalue weighted by atomic mass is 10.1. The number of benzene rings is 1. The molecule has 0 aliphatic rings. The number of aromatic nitrogens is 2. The predicted octanol–water partition coefficient (Wildman–Crippen LogP) is 2.83. The molecule has 0 amide bonds. The molecule has 2 aromatic rings. The van der Waals surface area contributed by atoms with E-state index in [1.54, 1.807) is 16.8 Å². The number of hydrogen-bond donors (Lipinski definition) is 1. The van der Waals surface area contributed by atoms with Gasteiger partial charge < -0.3 is 10.3 Å². The summed E-state index contributed by atoms with van der Waals surface area (Å²) in [6.45, 7) is 0.358. The lowest BCUT2D eigenvalue weighted by Gasteiger charge is -2.14. The first kappa shape index (κ1) is 15.5. The fourth-order valence-electron chi connectivity index (χ4n) is 1.78. The average molecular weight is 292 g/mol. The van der Waals surface area contributed by atoms with Crippen molar-refractivity contribution in [2.75, 3.05) is 0 Å². The van der Waals surface area contributed by atoms with Crippen molar-refractivity contribution in [2.24, 2.45) is 5.73 Å². The number of halogens is 4. The highest BCUT2D eigenvalue weighted by Crippen LogP contribution is 2.32. The third-order valence-electron chi connectivity index (χ3n) is 2.67. The van der Waals surface area contributed by atoms with Gasteiger partial charge in [-0.05, 0) is 11.6 Å². The average Bonchev–Trinajstić information content (AvgIpc) is 2.75. The summed E-state index contributed by atoms with van der Waals surface area (Å²) >= 11 is 0. The maximum Gasteiger partial charge on any atom is 0.416 e. The predicted molar refractivity (Wildman–Crippen MR) is 67.9 cm³/mol. The maximum absolute atomic E-state index is 12.8. The van der Waals surface area contributed by atoms with Crippen LogP contribution in [0.3, 0.4) is 0 Å². The SMILES string of the molecule is Cl.NCc1cncn1Cc1ccccc1C(F)(F)F. The van der Waals surface area contributed by atoms with Gasteiger partial charge in [-0.15, -0.1) is 12.4 Å². The van der Waals surface area contributed by atoms with E-state index in [2.05, 4.69) is 4.98 Å².